The molecule has 9 nitrogen and oxygen atoms in total. The molecule has 1 aliphatic rings. The smallest absolute Gasteiger partial charge is 0.293 e. The lowest BCUT2D eigenvalue weighted by molar-refractivity contribution is -0.764. The Balaban J connectivity index is 2.08. The second-order valence-corrected chi connectivity index (χ2v) is 7.71. The molecule has 32 heavy (non-hydrogen) atoms. The molecule has 2 aromatic carbocycles. The summed E-state index contributed by atoms with van der Waals surface area (Å²) in [5.41, 5.74) is 2.11. The number of hydrogen-bond donors (Lipinski definition) is 0. The number of benzene rings is 2. The second kappa shape index (κ2) is 8.54. The van der Waals surface area contributed by atoms with E-state index in [1.165, 1.54) is 40.0 Å². The number of rotatable bonds is 5. The van der Waals surface area contributed by atoms with Crippen LogP contribution in [0.25, 0.3) is 11.3 Å². The van der Waals surface area contributed by atoms with Crippen LogP contribution in [0.5, 0.6) is 23.1 Å². The van der Waals surface area contributed by atoms with Crippen LogP contribution in [0.15, 0.2) is 41.6 Å². The number of ether oxygens (including phenoxy) is 3. The third kappa shape index (κ3) is 3.36. The van der Waals surface area contributed by atoms with Gasteiger partial charge in [-0.05, 0) is 30.5 Å². The number of para-hydroxylation sites is 1. The molecule has 3 aromatic rings. The number of carbonyl (C=O) groups is 1. The van der Waals surface area contributed by atoms with Gasteiger partial charge < -0.3 is 19.3 Å². The van der Waals surface area contributed by atoms with Crippen LogP contribution in [-0.2, 0) is 4.79 Å². The summed E-state index contributed by atoms with van der Waals surface area (Å²) >= 11 is 1.25. The van der Waals surface area contributed by atoms with Crippen molar-refractivity contribution in [1.82, 2.24) is 10.1 Å². The van der Waals surface area contributed by atoms with Gasteiger partial charge in [-0.3, -0.25) is 4.79 Å². The van der Waals surface area contributed by atoms with Gasteiger partial charge in [-0.25, -0.2) is 9.88 Å². The van der Waals surface area contributed by atoms with Gasteiger partial charge in [0.15, 0.2) is 11.5 Å². The zero-order chi connectivity index (χ0) is 23.0. The molecule has 0 aliphatic carbocycles. The van der Waals surface area contributed by atoms with E-state index >= 15 is 0 Å². The summed E-state index contributed by atoms with van der Waals surface area (Å²) in [4.78, 5) is 18.6. The highest BCUT2D eigenvalue weighted by atomic mass is 32.2. The molecule has 0 saturated heterocycles. The zero-order valence-corrected chi connectivity index (χ0v) is 19.1. The fourth-order valence-corrected chi connectivity index (χ4v) is 4.26. The molecule has 2 heterocycles. The lowest BCUT2D eigenvalue weighted by Crippen LogP contribution is -2.58. The van der Waals surface area contributed by atoms with Gasteiger partial charge >= 0.3 is 0 Å². The Hall–Kier alpha value is -3.53. The minimum absolute atomic E-state index is 0.217. The molecule has 1 unspecified atom stereocenters. The standard InChI is InChI=1S/C22H22N4O5S/c1-12(27)25-15-9-7-6-8-14(15)18-20(28)23-22(32-5)24-26(18)21(25)13-10-16(29-2)19(31-4)17(11-13)30-3/h6-11,21H,1-5H3. The van der Waals surface area contributed by atoms with E-state index in [-0.39, 0.29) is 5.91 Å². The first-order valence-corrected chi connectivity index (χ1v) is 10.9. The first-order chi connectivity index (χ1) is 15.4. The van der Waals surface area contributed by atoms with Gasteiger partial charge in [-0.2, -0.15) is 0 Å². The fourth-order valence-electron chi connectivity index (χ4n) is 3.91. The van der Waals surface area contributed by atoms with Crippen LogP contribution in [0.3, 0.4) is 0 Å². The summed E-state index contributed by atoms with van der Waals surface area (Å²) in [6, 6.07) is 10.7. The highest BCUT2D eigenvalue weighted by molar-refractivity contribution is 7.98. The lowest BCUT2D eigenvalue weighted by atomic mass is 10.0. The molecule has 1 aromatic heterocycles. The van der Waals surface area contributed by atoms with Crippen molar-refractivity contribution in [3.05, 3.63) is 42.0 Å². The lowest BCUT2D eigenvalue weighted by Gasteiger charge is -2.33. The molecule has 0 N–H and O–H groups in total. The summed E-state index contributed by atoms with van der Waals surface area (Å²) in [5.74, 6) is 0.635. The molecule has 0 radical (unpaired) electrons. The van der Waals surface area contributed by atoms with Crippen molar-refractivity contribution >= 4 is 23.4 Å². The van der Waals surface area contributed by atoms with Crippen LogP contribution >= 0.6 is 11.8 Å². The predicted octanol–water partition coefficient (Wildman–Crippen LogP) is 2.17. The summed E-state index contributed by atoms with van der Waals surface area (Å²) in [5, 5.41) is 18.0. The summed E-state index contributed by atoms with van der Waals surface area (Å²) < 4.78 is 18.0. The minimum atomic E-state index is -0.771. The van der Waals surface area contributed by atoms with Crippen LogP contribution < -0.4 is 28.9 Å². The third-order valence-electron chi connectivity index (χ3n) is 5.22. The van der Waals surface area contributed by atoms with Gasteiger partial charge in [0.05, 0.1) is 44.0 Å². The van der Waals surface area contributed by atoms with Gasteiger partial charge in [0.25, 0.3) is 17.0 Å². The van der Waals surface area contributed by atoms with Crippen LogP contribution in [-0.4, -0.2) is 43.6 Å². The number of amides is 1. The fraction of sp³-hybridized carbons (Fsp3) is 0.273. The van der Waals surface area contributed by atoms with E-state index < -0.39 is 12.0 Å². The van der Waals surface area contributed by atoms with E-state index in [1.807, 2.05) is 12.1 Å². The normalized spacial score (nSPS) is 14.4. The Morgan fingerprint density at radius 2 is 1.78 bits per heavy atom. The van der Waals surface area contributed by atoms with E-state index in [9.17, 15) is 9.90 Å². The number of hydrogen-bond acceptors (Lipinski definition) is 8. The summed E-state index contributed by atoms with van der Waals surface area (Å²) in [7, 11) is 4.56. The van der Waals surface area contributed by atoms with E-state index in [1.54, 1.807) is 40.1 Å². The zero-order valence-electron chi connectivity index (χ0n) is 18.3. The van der Waals surface area contributed by atoms with E-state index in [4.69, 9.17) is 14.2 Å². The Kier molecular flexibility index (Phi) is 5.79. The van der Waals surface area contributed by atoms with Gasteiger partial charge in [-0.1, -0.05) is 28.6 Å². The topological polar surface area (TPSA) is 101 Å². The molecule has 0 fully saturated rings. The number of carbonyl (C=O) groups excluding carboxylic acids is 1. The maximum atomic E-state index is 13.0. The van der Waals surface area contributed by atoms with Crippen molar-refractivity contribution in [1.29, 1.82) is 0 Å². The molecule has 166 valence electrons. The first kappa shape index (κ1) is 21.7. The highest BCUT2D eigenvalue weighted by Gasteiger charge is 2.44. The molecule has 0 bridgehead atoms. The van der Waals surface area contributed by atoms with Gasteiger partial charge in [-0.15, -0.1) is 0 Å². The number of anilines is 1. The molecule has 1 aliphatic heterocycles. The molecular weight excluding hydrogens is 432 g/mol. The molecule has 0 spiro atoms. The Morgan fingerprint density at radius 1 is 1.12 bits per heavy atom. The summed E-state index contributed by atoms with van der Waals surface area (Å²) in [6.45, 7) is 1.47. The number of aromatic nitrogens is 3. The van der Waals surface area contributed by atoms with Crippen molar-refractivity contribution in [3.8, 4) is 34.4 Å². The number of fused-ring (bicyclic) bond motifs is 3. The third-order valence-corrected chi connectivity index (χ3v) is 5.76. The first-order valence-electron chi connectivity index (χ1n) is 9.69. The molecule has 0 saturated carbocycles. The second-order valence-electron chi connectivity index (χ2n) is 6.94. The van der Waals surface area contributed by atoms with Crippen LogP contribution in [0.2, 0.25) is 0 Å². The molecule has 10 heteroatoms. The van der Waals surface area contributed by atoms with Crippen molar-refractivity contribution in [2.45, 2.75) is 18.2 Å². The minimum Gasteiger partial charge on any atom is -0.854 e. The predicted molar refractivity (Wildman–Crippen MR) is 116 cm³/mol. The van der Waals surface area contributed by atoms with Crippen LogP contribution in [0.4, 0.5) is 5.69 Å². The van der Waals surface area contributed by atoms with E-state index in [0.717, 1.165) is 0 Å². The number of methoxy groups -OCH3 is 3. The average molecular weight is 455 g/mol. The molecule has 1 amide bonds. The van der Waals surface area contributed by atoms with E-state index in [0.29, 0.717) is 44.9 Å². The van der Waals surface area contributed by atoms with Crippen molar-refractivity contribution in [2.75, 3.05) is 32.5 Å². The largest absolute Gasteiger partial charge is 0.854 e. The maximum Gasteiger partial charge on any atom is 0.293 e. The van der Waals surface area contributed by atoms with Crippen molar-refractivity contribution in [2.24, 2.45) is 0 Å². The molecule has 1 atom stereocenters. The Bertz CT molecular complexity index is 1180. The average Bonchev–Trinajstić information content (AvgIpc) is 2.81. The van der Waals surface area contributed by atoms with Gasteiger partial charge in [0.1, 0.15) is 0 Å². The maximum absolute atomic E-state index is 13.0. The van der Waals surface area contributed by atoms with Crippen molar-refractivity contribution < 1.29 is 28.8 Å². The number of nitrogens with zero attached hydrogens (tertiary/aromatic N) is 4. The number of thioether (sulfide) groups is 1. The Labute approximate surface area is 189 Å². The summed E-state index contributed by atoms with van der Waals surface area (Å²) in [6.07, 6.45) is 1.02. The van der Waals surface area contributed by atoms with Gasteiger partial charge in [0.2, 0.25) is 11.7 Å². The van der Waals surface area contributed by atoms with Crippen LogP contribution in [0.1, 0.15) is 18.7 Å². The monoisotopic (exact) mass is 454 g/mol. The SMILES string of the molecule is COc1cc(C2N(C(C)=O)c3ccccc3-c3c([O-])nc(SC)n[n+]32)cc(OC)c1OC. The molecular formula is C22H22N4O5S. The van der Waals surface area contributed by atoms with Crippen molar-refractivity contribution in [3.63, 3.8) is 0 Å². The van der Waals surface area contributed by atoms with Gasteiger partial charge in [0, 0.05) is 12.0 Å². The highest BCUT2D eigenvalue weighted by Crippen LogP contribution is 2.44. The quantitative estimate of drug-likeness (QED) is 0.427. The molecule has 4 rings (SSSR count). The van der Waals surface area contributed by atoms with Crippen LogP contribution in [0, 0.1) is 0 Å². The van der Waals surface area contributed by atoms with E-state index in [2.05, 4.69) is 10.1 Å². The Morgan fingerprint density at radius 3 is 2.34 bits per heavy atom.